The van der Waals surface area contributed by atoms with Crippen LogP contribution in [0.4, 0.5) is 10.8 Å². The Hall–Kier alpha value is -2.74. The highest BCUT2D eigenvalue weighted by atomic mass is 32.1. The molecule has 0 unspecified atom stereocenters. The lowest BCUT2D eigenvalue weighted by molar-refractivity contribution is 0.103. The van der Waals surface area contributed by atoms with Gasteiger partial charge in [-0.3, -0.25) is 4.79 Å². The van der Waals surface area contributed by atoms with Crippen LogP contribution in [-0.4, -0.2) is 50.0 Å². The maximum absolute atomic E-state index is 12.7. The molecule has 0 saturated carbocycles. The summed E-state index contributed by atoms with van der Waals surface area (Å²) in [6.45, 7) is 1.89. The van der Waals surface area contributed by atoms with Crippen molar-refractivity contribution in [1.29, 1.82) is 0 Å². The predicted octanol–water partition coefficient (Wildman–Crippen LogP) is 5.27. The van der Waals surface area contributed by atoms with Crippen LogP contribution < -0.4 is 10.2 Å². The second-order valence-corrected chi connectivity index (χ2v) is 9.48. The molecule has 0 fully saturated rings. The van der Waals surface area contributed by atoms with Gasteiger partial charge in [0.1, 0.15) is 0 Å². The van der Waals surface area contributed by atoms with Crippen LogP contribution in [-0.2, 0) is 0 Å². The lowest BCUT2D eigenvalue weighted by Gasteiger charge is -2.18. The molecule has 30 heavy (non-hydrogen) atoms. The normalized spacial score (nSPS) is 11.2. The van der Waals surface area contributed by atoms with E-state index in [2.05, 4.69) is 48.4 Å². The first-order valence-corrected chi connectivity index (χ1v) is 11.4. The lowest BCUT2D eigenvalue weighted by atomic mass is 10.2. The van der Waals surface area contributed by atoms with E-state index in [0.717, 1.165) is 44.6 Å². The molecule has 0 radical (unpaired) electrons. The van der Waals surface area contributed by atoms with Crippen molar-refractivity contribution in [2.24, 2.45) is 0 Å². The van der Waals surface area contributed by atoms with Crippen molar-refractivity contribution < 1.29 is 4.79 Å². The maximum Gasteiger partial charge on any atom is 0.265 e. The van der Waals surface area contributed by atoms with Gasteiger partial charge in [0.15, 0.2) is 5.13 Å². The fourth-order valence-corrected chi connectivity index (χ4v) is 4.91. The number of nitrogens with zero attached hydrogens (tertiary/aromatic N) is 3. The number of hydrogen-bond donors (Lipinski definition) is 1. The second-order valence-electron chi connectivity index (χ2n) is 7.39. The van der Waals surface area contributed by atoms with E-state index in [4.69, 9.17) is 4.98 Å². The number of benzene rings is 2. The van der Waals surface area contributed by atoms with Crippen molar-refractivity contribution >= 4 is 49.6 Å². The number of thiazole rings is 1. The van der Waals surface area contributed by atoms with Gasteiger partial charge in [-0.1, -0.05) is 41.7 Å². The van der Waals surface area contributed by atoms with Gasteiger partial charge >= 0.3 is 0 Å². The fraction of sp³-hybridized carbons (Fsp3) is 0.217. The molecule has 0 saturated heterocycles. The molecular weight excluding hydrogens is 412 g/mol. The van der Waals surface area contributed by atoms with Crippen molar-refractivity contribution in [1.82, 2.24) is 9.88 Å². The minimum atomic E-state index is -0.0885. The summed E-state index contributed by atoms with van der Waals surface area (Å²) in [7, 11) is 6.19. The van der Waals surface area contributed by atoms with Crippen LogP contribution in [0.25, 0.3) is 20.7 Å². The molecule has 0 bridgehead atoms. The fourth-order valence-electron chi connectivity index (χ4n) is 3.01. The van der Waals surface area contributed by atoms with E-state index in [1.54, 1.807) is 11.3 Å². The number of likely N-dealkylation sites (N-methyl/N-ethyl adjacent to an activating group) is 2. The molecule has 0 aliphatic carbocycles. The number of anilines is 2. The summed E-state index contributed by atoms with van der Waals surface area (Å²) in [5.41, 5.74) is 2.86. The molecule has 4 rings (SSSR count). The van der Waals surface area contributed by atoms with Crippen LogP contribution in [0.2, 0.25) is 0 Å². The third-order valence-corrected chi connectivity index (χ3v) is 7.00. The van der Waals surface area contributed by atoms with Gasteiger partial charge in [0.25, 0.3) is 5.91 Å². The zero-order valence-corrected chi connectivity index (χ0v) is 18.9. The molecular formula is C23H24N4OS2. The molecule has 2 aromatic carbocycles. The summed E-state index contributed by atoms with van der Waals surface area (Å²) in [6.07, 6.45) is 0. The summed E-state index contributed by atoms with van der Waals surface area (Å²) in [4.78, 5) is 23.6. The standard InChI is InChI=1S/C23H24N4OS2/c1-26(2)13-14-27(3)23-25-18-10-9-17(15-21(18)30-23)24-22(28)20-12-11-19(29-20)16-7-5-4-6-8-16/h4-12,15H,13-14H2,1-3H3,(H,24,28). The zero-order valence-electron chi connectivity index (χ0n) is 17.3. The highest BCUT2D eigenvalue weighted by Crippen LogP contribution is 2.31. The zero-order chi connectivity index (χ0) is 21.1. The van der Waals surface area contributed by atoms with E-state index in [9.17, 15) is 4.79 Å². The first-order chi connectivity index (χ1) is 14.5. The van der Waals surface area contributed by atoms with Gasteiger partial charge in [-0.2, -0.15) is 0 Å². The third kappa shape index (κ3) is 4.70. The van der Waals surface area contributed by atoms with Crippen molar-refractivity contribution in [3.05, 3.63) is 65.5 Å². The van der Waals surface area contributed by atoms with Gasteiger partial charge in [-0.05, 0) is 50.0 Å². The molecule has 0 spiro atoms. The van der Waals surface area contributed by atoms with E-state index in [-0.39, 0.29) is 5.91 Å². The van der Waals surface area contributed by atoms with Crippen molar-refractivity contribution in [3.63, 3.8) is 0 Å². The molecule has 4 aromatic rings. The Balaban J connectivity index is 1.47. The highest BCUT2D eigenvalue weighted by molar-refractivity contribution is 7.22. The van der Waals surface area contributed by atoms with Gasteiger partial charge in [-0.15, -0.1) is 11.3 Å². The van der Waals surface area contributed by atoms with Crippen LogP contribution in [0.15, 0.2) is 60.7 Å². The Labute approximate surface area is 184 Å². The van der Waals surface area contributed by atoms with Crippen LogP contribution in [0.1, 0.15) is 9.67 Å². The summed E-state index contributed by atoms with van der Waals surface area (Å²) < 4.78 is 1.07. The van der Waals surface area contributed by atoms with Crippen molar-refractivity contribution in [3.8, 4) is 10.4 Å². The van der Waals surface area contributed by atoms with Crippen LogP contribution >= 0.6 is 22.7 Å². The molecule has 1 amide bonds. The largest absolute Gasteiger partial charge is 0.350 e. The Morgan fingerprint density at radius 3 is 2.53 bits per heavy atom. The predicted molar refractivity (Wildman–Crippen MR) is 129 cm³/mol. The van der Waals surface area contributed by atoms with Gasteiger partial charge in [0.2, 0.25) is 0 Å². The second kappa shape index (κ2) is 8.95. The number of fused-ring (bicyclic) bond motifs is 1. The molecule has 0 atom stereocenters. The van der Waals surface area contributed by atoms with E-state index in [0.29, 0.717) is 4.88 Å². The first-order valence-electron chi connectivity index (χ1n) is 9.72. The molecule has 7 heteroatoms. The van der Waals surface area contributed by atoms with Crippen molar-refractivity contribution in [2.75, 3.05) is 44.4 Å². The minimum absolute atomic E-state index is 0.0885. The van der Waals surface area contributed by atoms with E-state index in [1.807, 2.05) is 48.5 Å². The third-order valence-electron chi connectivity index (χ3n) is 4.73. The Bertz CT molecular complexity index is 1150. The van der Waals surface area contributed by atoms with E-state index >= 15 is 0 Å². The number of hydrogen-bond acceptors (Lipinski definition) is 6. The average Bonchev–Trinajstić information content (AvgIpc) is 3.40. The number of thiophene rings is 1. The summed E-state index contributed by atoms with van der Waals surface area (Å²) in [5, 5.41) is 4.01. The number of carbonyl (C=O) groups excluding carboxylic acids is 1. The molecule has 5 nitrogen and oxygen atoms in total. The number of carbonyl (C=O) groups is 1. The Morgan fingerprint density at radius 2 is 1.77 bits per heavy atom. The monoisotopic (exact) mass is 436 g/mol. The Morgan fingerprint density at radius 1 is 0.967 bits per heavy atom. The average molecular weight is 437 g/mol. The van der Waals surface area contributed by atoms with Gasteiger partial charge in [0.05, 0.1) is 15.1 Å². The topological polar surface area (TPSA) is 48.5 Å². The van der Waals surface area contributed by atoms with Gasteiger partial charge in [0, 0.05) is 30.7 Å². The lowest BCUT2D eigenvalue weighted by Crippen LogP contribution is -2.28. The molecule has 2 aromatic heterocycles. The molecule has 2 heterocycles. The highest BCUT2D eigenvalue weighted by Gasteiger charge is 2.13. The SMILES string of the molecule is CN(C)CCN(C)c1nc2ccc(NC(=O)c3ccc(-c4ccccc4)s3)cc2s1. The number of amides is 1. The van der Waals surface area contributed by atoms with Gasteiger partial charge < -0.3 is 15.1 Å². The number of nitrogens with one attached hydrogen (secondary N) is 1. The van der Waals surface area contributed by atoms with Crippen LogP contribution in [0.5, 0.6) is 0 Å². The minimum Gasteiger partial charge on any atom is -0.350 e. The molecule has 154 valence electrons. The smallest absolute Gasteiger partial charge is 0.265 e. The van der Waals surface area contributed by atoms with Crippen LogP contribution in [0.3, 0.4) is 0 Å². The summed E-state index contributed by atoms with van der Waals surface area (Å²) >= 11 is 3.14. The number of rotatable bonds is 7. The molecule has 1 N–H and O–H groups in total. The van der Waals surface area contributed by atoms with Crippen molar-refractivity contribution in [2.45, 2.75) is 0 Å². The molecule has 0 aliphatic rings. The maximum atomic E-state index is 12.7. The molecule has 0 aliphatic heterocycles. The van der Waals surface area contributed by atoms with Gasteiger partial charge in [-0.25, -0.2) is 4.98 Å². The van der Waals surface area contributed by atoms with E-state index in [1.165, 1.54) is 11.3 Å². The Kier molecular flexibility index (Phi) is 6.13. The first kappa shape index (κ1) is 20.5. The quantitative estimate of drug-likeness (QED) is 0.428. The van der Waals surface area contributed by atoms with Crippen LogP contribution in [0, 0.1) is 0 Å². The summed E-state index contributed by atoms with van der Waals surface area (Å²) in [5.74, 6) is -0.0885. The summed E-state index contributed by atoms with van der Waals surface area (Å²) in [6, 6.07) is 19.9. The number of aromatic nitrogens is 1. The van der Waals surface area contributed by atoms with E-state index < -0.39 is 0 Å².